The summed E-state index contributed by atoms with van der Waals surface area (Å²) >= 11 is 1.99. The van der Waals surface area contributed by atoms with Crippen LogP contribution < -0.4 is 4.90 Å². The van der Waals surface area contributed by atoms with E-state index in [1.165, 1.54) is 0 Å². The molecule has 2 aliphatic rings. The molecule has 4 rings (SSSR count). The van der Waals surface area contributed by atoms with E-state index in [2.05, 4.69) is 14.9 Å². The predicted molar refractivity (Wildman–Crippen MR) is 92.7 cm³/mol. The highest BCUT2D eigenvalue weighted by molar-refractivity contribution is 7.99. The lowest BCUT2D eigenvalue weighted by Gasteiger charge is -2.27. The molecule has 120 valence electrons. The zero-order valence-electron chi connectivity index (χ0n) is 13.0. The minimum Gasteiger partial charge on any atom is -0.372 e. The molecule has 0 spiro atoms. The average Bonchev–Trinajstić information content (AvgIpc) is 3.17. The summed E-state index contributed by atoms with van der Waals surface area (Å²) in [6.07, 6.45) is 7.79. The summed E-state index contributed by atoms with van der Waals surface area (Å²) < 4.78 is 5.91. The quantitative estimate of drug-likeness (QED) is 0.863. The van der Waals surface area contributed by atoms with E-state index in [9.17, 15) is 0 Å². The normalized spacial score (nSPS) is 21.6. The van der Waals surface area contributed by atoms with Crippen molar-refractivity contribution >= 4 is 17.7 Å². The number of hydrogen-bond donors (Lipinski definition) is 0. The van der Waals surface area contributed by atoms with E-state index in [4.69, 9.17) is 9.72 Å². The van der Waals surface area contributed by atoms with Crippen LogP contribution in [0.3, 0.4) is 0 Å². The molecular formula is C17H20N4OS. The smallest absolute Gasteiger partial charge is 0.225 e. The van der Waals surface area contributed by atoms with Crippen LogP contribution in [0.25, 0.3) is 11.1 Å². The van der Waals surface area contributed by atoms with E-state index in [0.29, 0.717) is 0 Å². The van der Waals surface area contributed by atoms with Gasteiger partial charge in [0.25, 0.3) is 0 Å². The average molecular weight is 328 g/mol. The molecule has 6 heteroatoms. The first-order valence-corrected chi connectivity index (χ1v) is 9.29. The molecule has 2 aliphatic heterocycles. The Morgan fingerprint density at radius 3 is 2.74 bits per heavy atom. The monoisotopic (exact) mass is 328 g/mol. The Hall–Kier alpha value is -1.66. The molecule has 0 bridgehead atoms. The maximum Gasteiger partial charge on any atom is 0.225 e. The Bertz CT molecular complexity index is 655. The fourth-order valence-electron chi connectivity index (χ4n) is 3.09. The van der Waals surface area contributed by atoms with E-state index in [1.807, 2.05) is 42.5 Å². The lowest BCUT2D eigenvalue weighted by molar-refractivity contribution is 0.109. The summed E-state index contributed by atoms with van der Waals surface area (Å²) in [5, 5.41) is 0. The molecule has 23 heavy (non-hydrogen) atoms. The summed E-state index contributed by atoms with van der Waals surface area (Å²) in [6.45, 7) is 2.86. The Kier molecular flexibility index (Phi) is 4.43. The van der Waals surface area contributed by atoms with Crippen LogP contribution in [-0.4, -0.2) is 46.2 Å². The highest BCUT2D eigenvalue weighted by Gasteiger charge is 2.25. The van der Waals surface area contributed by atoms with Gasteiger partial charge < -0.3 is 9.64 Å². The van der Waals surface area contributed by atoms with Crippen molar-refractivity contribution in [3.05, 3.63) is 36.4 Å². The second-order valence-corrected chi connectivity index (χ2v) is 7.03. The van der Waals surface area contributed by atoms with Crippen LogP contribution in [0.15, 0.2) is 30.7 Å². The van der Waals surface area contributed by atoms with Crippen LogP contribution in [0.2, 0.25) is 0 Å². The van der Waals surface area contributed by atoms with Gasteiger partial charge in [0.15, 0.2) is 0 Å². The molecule has 2 saturated heterocycles. The van der Waals surface area contributed by atoms with E-state index >= 15 is 0 Å². The number of thioether (sulfide) groups is 1. The van der Waals surface area contributed by atoms with E-state index < -0.39 is 0 Å². The third-order valence-corrected chi connectivity index (χ3v) is 5.27. The summed E-state index contributed by atoms with van der Waals surface area (Å²) in [5.74, 6) is 3.13. The summed E-state index contributed by atoms with van der Waals surface area (Å²) in [4.78, 5) is 15.9. The van der Waals surface area contributed by atoms with Gasteiger partial charge in [0, 0.05) is 55.4 Å². The third kappa shape index (κ3) is 3.19. The SMILES string of the molecule is c1cc(-c2cnc(N3CCSCC3)nc2C2CCCO2)ccn1. The molecule has 1 unspecified atom stereocenters. The largest absolute Gasteiger partial charge is 0.372 e. The van der Waals surface area contributed by atoms with Gasteiger partial charge >= 0.3 is 0 Å². The van der Waals surface area contributed by atoms with Crippen LogP contribution in [0, 0.1) is 0 Å². The van der Waals surface area contributed by atoms with Crippen LogP contribution in [0.4, 0.5) is 5.95 Å². The molecule has 0 amide bonds. The van der Waals surface area contributed by atoms with Crippen molar-refractivity contribution in [2.75, 3.05) is 36.1 Å². The van der Waals surface area contributed by atoms with Gasteiger partial charge in [-0.1, -0.05) is 0 Å². The first-order chi connectivity index (χ1) is 11.4. The van der Waals surface area contributed by atoms with Gasteiger partial charge in [-0.25, -0.2) is 9.97 Å². The van der Waals surface area contributed by atoms with Gasteiger partial charge in [-0.2, -0.15) is 11.8 Å². The molecule has 5 nitrogen and oxygen atoms in total. The highest BCUT2D eigenvalue weighted by atomic mass is 32.2. The molecule has 2 aromatic heterocycles. The van der Waals surface area contributed by atoms with E-state index in [-0.39, 0.29) is 6.10 Å². The zero-order chi connectivity index (χ0) is 15.5. The molecule has 0 radical (unpaired) electrons. The fraction of sp³-hybridized carbons (Fsp3) is 0.471. The number of nitrogens with zero attached hydrogens (tertiary/aromatic N) is 4. The minimum absolute atomic E-state index is 0.0825. The van der Waals surface area contributed by atoms with Crippen molar-refractivity contribution in [3.8, 4) is 11.1 Å². The summed E-state index contributed by atoms with van der Waals surface area (Å²) in [7, 11) is 0. The molecule has 0 aromatic carbocycles. The Labute approximate surface area is 140 Å². The first-order valence-electron chi connectivity index (χ1n) is 8.13. The molecule has 2 fully saturated rings. The molecule has 2 aromatic rings. The minimum atomic E-state index is 0.0825. The fourth-order valence-corrected chi connectivity index (χ4v) is 4.00. The first kappa shape index (κ1) is 14.9. The van der Waals surface area contributed by atoms with Crippen molar-refractivity contribution in [3.63, 3.8) is 0 Å². The molecule has 0 saturated carbocycles. The Morgan fingerprint density at radius 2 is 2.00 bits per heavy atom. The molecule has 0 N–H and O–H groups in total. The van der Waals surface area contributed by atoms with Crippen molar-refractivity contribution in [1.29, 1.82) is 0 Å². The number of anilines is 1. The van der Waals surface area contributed by atoms with Gasteiger partial charge in [0.2, 0.25) is 5.95 Å². The van der Waals surface area contributed by atoms with Crippen molar-refractivity contribution in [2.24, 2.45) is 0 Å². The second kappa shape index (κ2) is 6.84. The van der Waals surface area contributed by atoms with Crippen LogP contribution in [0.1, 0.15) is 24.6 Å². The maximum atomic E-state index is 5.91. The second-order valence-electron chi connectivity index (χ2n) is 5.81. The van der Waals surface area contributed by atoms with Gasteiger partial charge in [0.1, 0.15) is 6.10 Å². The maximum absolute atomic E-state index is 5.91. The van der Waals surface area contributed by atoms with Crippen LogP contribution in [0.5, 0.6) is 0 Å². The topological polar surface area (TPSA) is 51.1 Å². The van der Waals surface area contributed by atoms with Crippen molar-refractivity contribution < 1.29 is 4.74 Å². The van der Waals surface area contributed by atoms with Crippen molar-refractivity contribution in [2.45, 2.75) is 18.9 Å². The molecule has 1 atom stereocenters. The van der Waals surface area contributed by atoms with Gasteiger partial charge in [-0.3, -0.25) is 4.98 Å². The predicted octanol–water partition coefficient (Wildman–Crippen LogP) is 2.94. The number of aromatic nitrogens is 3. The lowest BCUT2D eigenvalue weighted by atomic mass is 10.0. The standard InChI is InChI=1S/C17H20N4OS/c1-2-15(22-9-1)16-14(13-3-5-18-6-4-13)12-19-17(20-16)21-7-10-23-11-8-21/h3-6,12,15H,1-2,7-11H2. The van der Waals surface area contributed by atoms with Gasteiger partial charge in [-0.15, -0.1) is 0 Å². The Morgan fingerprint density at radius 1 is 1.17 bits per heavy atom. The van der Waals surface area contributed by atoms with Gasteiger partial charge in [0.05, 0.1) is 5.69 Å². The number of hydrogen-bond acceptors (Lipinski definition) is 6. The summed E-state index contributed by atoms with van der Waals surface area (Å²) in [5.41, 5.74) is 3.19. The number of pyridine rings is 1. The summed E-state index contributed by atoms with van der Waals surface area (Å²) in [6, 6.07) is 4.02. The molecule has 0 aliphatic carbocycles. The highest BCUT2D eigenvalue weighted by Crippen LogP contribution is 2.35. The van der Waals surface area contributed by atoms with Crippen molar-refractivity contribution in [1.82, 2.24) is 15.0 Å². The lowest BCUT2D eigenvalue weighted by Crippen LogP contribution is -2.34. The zero-order valence-corrected chi connectivity index (χ0v) is 13.8. The number of rotatable bonds is 3. The Balaban J connectivity index is 1.73. The van der Waals surface area contributed by atoms with Gasteiger partial charge in [-0.05, 0) is 30.5 Å². The third-order valence-electron chi connectivity index (χ3n) is 4.33. The number of ether oxygens (including phenoxy) is 1. The van der Waals surface area contributed by atoms with E-state index in [0.717, 1.165) is 66.8 Å². The van der Waals surface area contributed by atoms with E-state index in [1.54, 1.807) is 0 Å². The van der Waals surface area contributed by atoms with Crippen LogP contribution >= 0.6 is 11.8 Å². The van der Waals surface area contributed by atoms with Crippen LogP contribution in [-0.2, 0) is 4.74 Å². The molecular weight excluding hydrogens is 308 g/mol. The molecule has 4 heterocycles.